The van der Waals surface area contributed by atoms with Crippen LogP contribution >= 0.6 is 11.3 Å². The standard InChI is InChI=1S/C21H18NS/c1-12-8-18-21(22(3)11-12)20-13(2)19-15(10-17(20)23-18)9-14-6-4-5-7-16(14)19/h4-8,10-11H,9H2,1-3H3/q+1. The molecule has 1 aliphatic rings. The molecule has 0 N–H and O–H groups in total. The van der Waals surface area contributed by atoms with E-state index in [4.69, 9.17) is 0 Å². The molecule has 1 aliphatic carbocycles. The van der Waals surface area contributed by atoms with E-state index in [-0.39, 0.29) is 0 Å². The van der Waals surface area contributed by atoms with Crippen LogP contribution in [0.3, 0.4) is 0 Å². The van der Waals surface area contributed by atoms with E-state index >= 15 is 0 Å². The maximum absolute atomic E-state index is 2.43. The summed E-state index contributed by atoms with van der Waals surface area (Å²) in [5.74, 6) is 0. The number of hydrogen-bond acceptors (Lipinski definition) is 1. The first-order chi connectivity index (χ1) is 11.1. The number of aromatic nitrogens is 1. The van der Waals surface area contributed by atoms with E-state index in [9.17, 15) is 0 Å². The minimum Gasteiger partial charge on any atom is -0.200 e. The van der Waals surface area contributed by atoms with E-state index in [0.29, 0.717) is 0 Å². The molecule has 0 radical (unpaired) electrons. The fourth-order valence-electron chi connectivity index (χ4n) is 4.22. The highest BCUT2D eigenvalue weighted by atomic mass is 32.1. The van der Waals surface area contributed by atoms with Gasteiger partial charge in [-0.05, 0) is 60.2 Å². The molecule has 112 valence electrons. The molecule has 0 saturated heterocycles. The van der Waals surface area contributed by atoms with Crippen molar-refractivity contribution in [2.75, 3.05) is 0 Å². The summed E-state index contributed by atoms with van der Waals surface area (Å²) in [6, 6.07) is 13.6. The van der Waals surface area contributed by atoms with E-state index in [2.05, 4.69) is 68.1 Å². The lowest BCUT2D eigenvalue weighted by molar-refractivity contribution is -0.644. The lowest BCUT2D eigenvalue weighted by atomic mass is 9.97. The van der Waals surface area contributed by atoms with Crippen LogP contribution in [0.25, 0.3) is 31.4 Å². The molecular formula is C21H18NS+. The summed E-state index contributed by atoms with van der Waals surface area (Å²) in [4.78, 5) is 0. The van der Waals surface area contributed by atoms with Crippen molar-refractivity contribution in [1.29, 1.82) is 0 Å². The van der Waals surface area contributed by atoms with E-state index < -0.39 is 0 Å². The van der Waals surface area contributed by atoms with Crippen LogP contribution in [0.1, 0.15) is 22.3 Å². The molecular weight excluding hydrogens is 298 g/mol. The third-order valence-corrected chi connectivity index (χ3v) is 6.16. The van der Waals surface area contributed by atoms with Gasteiger partial charge in [-0.25, -0.2) is 0 Å². The Morgan fingerprint density at radius 1 is 1.00 bits per heavy atom. The SMILES string of the molecule is Cc1cc2sc3cc4c(c(C)c3c2[n+](C)c1)-c1ccccc1C4. The molecule has 2 aromatic heterocycles. The highest BCUT2D eigenvalue weighted by Gasteiger charge is 2.25. The van der Waals surface area contributed by atoms with Crippen LogP contribution in [0.2, 0.25) is 0 Å². The van der Waals surface area contributed by atoms with Crippen molar-refractivity contribution >= 4 is 31.6 Å². The van der Waals surface area contributed by atoms with E-state index in [0.717, 1.165) is 6.42 Å². The predicted molar refractivity (Wildman–Crippen MR) is 98.2 cm³/mol. The van der Waals surface area contributed by atoms with E-state index in [1.165, 1.54) is 53.7 Å². The van der Waals surface area contributed by atoms with Crippen molar-refractivity contribution in [3.05, 3.63) is 64.8 Å². The van der Waals surface area contributed by atoms with Crippen LogP contribution in [0.15, 0.2) is 42.6 Å². The van der Waals surface area contributed by atoms with Gasteiger partial charge in [0.25, 0.3) is 0 Å². The summed E-state index contributed by atoms with van der Waals surface area (Å²) in [6.07, 6.45) is 3.30. The Balaban J connectivity index is 1.97. The van der Waals surface area contributed by atoms with Gasteiger partial charge in [0.1, 0.15) is 11.7 Å². The minimum atomic E-state index is 1.07. The van der Waals surface area contributed by atoms with Gasteiger partial charge >= 0.3 is 0 Å². The molecule has 0 spiro atoms. The fraction of sp³-hybridized carbons (Fsp3) is 0.190. The third kappa shape index (κ3) is 1.70. The minimum absolute atomic E-state index is 1.07. The zero-order valence-electron chi connectivity index (χ0n) is 13.6. The maximum Gasteiger partial charge on any atom is 0.231 e. The fourth-order valence-corrected chi connectivity index (χ4v) is 5.60. The Labute approximate surface area is 139 Å². The molecule has 4 aromatic rings. The smallest absolute Gasteiger partial charge is 0.200 e. The number of thiophene rings is 1. The van der Waals surface area contributed by atoms with Gasteiger partial charge in [-0.3, -0.25) is 0 Å². The number of aryl methyl sites for hydroxylation is 3. The van der Waals surface area contributed by atoms with Crippen molar-refractivity contribution in [1.82, 2.24) is 0 Å². The lowest BCUT2D eigenvalue weighted by Gasteiger charge is -2.07. The summed E-state index contributed by atoms with van der Waals surface area (Å²) >= 11 is 1.93. The van der Waals surface area contributed by atoms with Crippen molar-refractivity contribution in [2.24, 2.45) is 7.05 Å². The maximum atomic E-state index is 2.43. The summed E-state index contributed by atoms with van der Waals surface area (Å²) < 4.78 is 5.11. The highest BCUT2D eigenvalue weighted by Crippen LogP contribution is 2.45. The first kappa shape index (κ1) is 13.3. The largest absolute Gasteiger partial charge is 0.231 e. The van der Waals surface area contributed by atoms with Gasteiger partial charge < -0.3 is 0 Å². The average molecular weight is 316 g/mol. The number of benzene rings is 2. The van der Waals surface area contributed by atoms with Gasteiger partial charge in [-0.2, -0.15) is 4.57 Å². The van der Waals surface area contributed by atoms with Crippen LogP contribution in [0, 0.1) is 13.8 Å². The summed E-state index contributed by atoms with van der Waals surface area (Å²) in [7, 11) is 2.17. The molecule has 2 heterocycles. The summed E-state index contributed by atoms with van der Waals surface area (Å²) in [6.45, 7) is 4.47. The monoisotopic (exact) mass is 316 g/mol. The molecule has 0 amide bonds. The molecule has 0 bridgehead atoms. The molecule has 0 atom stereocenters. The predicted octanol–water partition coefficient (Wildman–Crippen LogP) is 5.07. The molecule has 1 nitrogen and oxygen atoms in total. The number of hydrogen-bond donors (Lipinski definition) is 0. The Kier molecular flexibility index (Phi) is 2.55. The van der Waals surface area contributed by atoms with Crippen molar-refractivity contribution < 1.29 is 4.57 Å². The molecule has 0 aliphatic heterocycles. The number of nitrogens with zero attached hydrogens (tertiary/aromatic N) is 1. The van der Waals surface area contributed by atoms with Gasteiger partial charge in [-0.15, -0.1) is 11.3 Å². The molecule has 0 fully saturated rings. The molecule has 5 rings (SSSR count). The average Bonchev–Trinajstić information content (AvgIpc) is 3.05. The number of pyridine rings is 1. The second-order valence-electron chi connectivity index (χ2n) is 6.69. The van der Waals surface area contributed by atoms with Crippen LogP contribution < -0.4 is 4.57 Å². The second kappa shape index (κ2) is 4.42. The van der Waals surface area contributed by atoms with Crippen LogP contribution in [-0.2, 0) is 13.5 Å². The molecule has 0 saturated carbocycles. The normalized spacial score (nSPS) is 12.8. The molecule has 2 heteroatoms. The Hall–Kier alpha value is -2.19. The van der Waals surface area contributed by atoms with Crippen molar-refractivity contribution in [3.8, 4) is 11.1 Å². The number of fused-ring (bicyclic) bond motifs is 6. The first-order valence-electron chi connectivity index (χ1n) is 8.07. The first-order valence-corrected chi connectivity index (χ1v) is 8.88. The third-order valence-electron chi connectivity index (χ3n) is 5.09. The Bertz CT molecular complexity index is 1120. The van der Waals surface area contributed by atoms with Crippen LogP contribution in [-0.4, -0.2) is 0 Å². The quantitative estimate of drug-likeness (QED) is 0.351. The lowest BCUT2D eigenvalue weighted by Crippen LogP contribution is -2.28. The zero-order chi connectivity index (χ0) is 15.7. The van der Waals surface area contributed by atoms with Gasteiger partial charge in [0.15, 0.2) is 6.20 Å². The Morgan fingerprint density at radius 2 is 1.83 bits per heavy atom. The highest BCUT2D eigenvalue weighted by molar-refractivity contribution is 7.25. The van der Waals surface area contributed by atoms with Crippen molar-refractivity contribution in [2.45, 2.75) is 20.3 Å². The van der Waals surface area contributed by atoms with Crippen LogP contribution in [0.5, 0.6) is 0 Å². The topological polar surface area (TPSA) is 3.88 Å². The van der Waals surface area contributed by atoms with Crippen LogP contribution in [0.4, 0.5) is 0 Å². The van der Waals surface area contributed by atoms with Crippen molar-refractivity contribution in [3.63, 3.8) is 0 Å². The second-order valence-corrected chi connectivity index (χ2v) is 7.77. The van der Waals surface area contributed by atoms with E-state index in [1.807, 2.05) is 11.3 Å². The van der Waals surface area contributed by atoms with E-state index in [1.54, 1.807) is 0 Å². The molecule has 23 heavy (non-hydrogen) atoms. The molecule has 0 unspecified atom stereocenters. The van der Waals surface area contributed by atoms with Gasteiger partial charge in [-0.1, -0.05) is 24.3 Å². The zero-order valence-corrected chi connectivity index (χ0v) is 14.4. The van der Waals surface area contributed by atoms with Gasteiger partial charge in [0, 0.05) is 10.3 Å². The summed E-state index contributed by atoms with van der Waals surface area (Å²) in [5, 5.41) is 1.43. The summed E-state index contributed by atoms with van der Waals surface area (Å²) in [5.41, 5.74) is 9.98. The van der Waals surface area contributed by atoms with Gasteiger partial charge in [0.2, 0.25) is 5.52 Å². The Morgan fingerprint density at radius 3 is 2.70 bits per heavy atom. The molecule has 2 aromatic carbocycles. The van der Waals surface area contributed by atoms with Gasteiger partial charge in [0.05, 0.1) is 5.39 Å². The number of rotatable bonds is 0.